The van der Waals surface area contributed by atoms with E-state index in [1.807, 2.05) is 28.8 Å². The van der Waals surface area contributed by atoms with Crippen molar-refractivity contribution in [1.29, 1.82) is 0 Å². The third-order valence-corrected chi connectivity index (χ3v) is 3.99. The fourth-order valence-corrected chi connectivity index (χ4v) is 2.79. The van der Waals surface area contributed by atoms with Gasteiger partial charge < -0.3 is 14.6 Å². The molecule has 0 spiro atoms. The van der Waals surface area contributed by atoms with Crippen LogP contribution in [-0.2, 0) is 30.9 Å². The first kappa shape index (κ1) is 14.8. The van der Waals surface area contributed by atoms with Crippen LogP contribution in [0.4, 0.5) is 0 Å². The lowest BCUT2D eigenvalue weighted by atomic mass is 10.1. The molecule has 2 heterocycles. The Balaban J connectivity index is 1.61. The van der Waals surface area contributed by atoms with Gasteiger partial charge in [0.15, 0.2) is 0 Å². The zero-order chi connectivity index (χ0) is 15.4. The number of hydrogen-bond acceptors (Lipinski definition) is 3. The van der Waals surface area contributed by atoms with Gasteiger partial charge in [-0.05, 0) is 24.0 Å². The Morgan fingerprint density at radius 2 is 2.05 bits per heavy atom. The SMILES string of the molecule is COCc1ccc(CNC(=O)c2cnc3n2CCCC3)cc1. The highest BCUT2D eigenvalue weighted by molar-refractivity contribution is 5.92. The minimum absolute atomic E-state index is 0.0541. The van der Waals surface area contributed by atoms with E-state index in [1.165, 1.54) is 0 Å². The number of carbonyl (C=O) groups excluding carboxylic acids is 1. The molecule has 22 heavy (non-hydrogen) atoms. The van der Waals surface area contributed by atoms with Gasteiger partial charge in [0, 0.05) is 26.6 Å². The Hall–Kier alpha value is -2.14. The summed E-state index contributed by atoms with van der Waals surface area (Å²) < 4.78 is 7.13. The average Bonchev–Trinajstić information content (AvgIpc) is 2.98. The van der Waals surface area contributed by atoms with Gasteiger partial charge in [-0.25, -0.2) is 4.98 Å². The van der Waals surface area contributed by atoms with Gasteiger partial charge in [0.25, 0.3) is 5.91 Å². The monoisotopic (exact) mass is 299 g/mol. The normalized spacial score (nSPS) is 13.7. The Bertz CT molecular complexity index is 646. The molecule has 116 valence electrons. The van der Waals surface area contributed by atoms with Crippen LogP contribution in [-0.4, -0.2) is 22.6 Å². The van der Waals surface area contributed by atoms with Crippen molar-refractivity contribution in [3.63, 3.8) is 0 Å². The fourth-order valence-electron chi connectivity index (χ4n) is 2.79. The van der Waals surface area contributed by atoms with Gasteiger partial charge in [0.2, 0.25) is 0 Å². The number of aromatic nitrogens is 2. The van der Waals surface area contributed by atoms with Gasteiger partial charge in [0.1, 0.15) is 11.5 Å². The number of imidazole rings is 1. The first-order chi connectivity index (χ1) is 10.8. The number of benzene rings is 1. The number of rotatable bonds is 5. The third-order valence-electron chi connectivity index (χ3n) is 3.99. The zero-order valence-corrected chi connectivity index (χ0v) is 12.8. The van der Waals surface area contributed by atoms with E-state index < -0.39 is 0 Å². The molecule has 1 amide bonds. The van der Waals surface area contributed by atoms with Crippen molar-refractivity contribution in [3.05, 3.63) is 53.1 Å². The van der Waals surface area contributed by atoms with Crippen LogP contribution >= 0.6 is 0 Å². The van der Waals surface area contributed by atoms with E-state index in [1.54, 1.807) is 13.3 Å². The molecule has 1 aromatic carbocycles. The Morgan fingerprint density at radius 1 is 1.27 bits per heavy atom. The standard InChI is InChI=1S/C17H21N3O2/c1-22-12-14-7-5-13(6-8-14)10-19-17(21)15-11-18-16-4-2-3-9-20(15)16/h5-8,11H,2-4,9-10,12H2,1H3,(H,19,21). The van der Waals surface area contributed by atoms with E-state index in [0.29, 0.717) is 18.8 Å². The lowest BCUT2D eigenvalue weighted by molar-refractivity contribution is 0.0940. The van der Waals surface area contributed by atoms with Crippen LogP contribution in [0.5, 0.6) is 0 Å². The molecule has 0 atom stereocenters. The van der Waals surface area contributed by atoms with Crippen LogP contribution in [0.2, 0.25) is 0 Å². The number of carbonyl (C=O) groups is 1. The first-order valence-electron chi connectivity index (χ1n) is 7.67. The van der Waals surface area contributed by atoms with E-state index in [0.717, 1.165) is 42.8 Å². The highest BCUT2D eigenvalue weighted by atomic mass is 16.5. The Labute approximate surface area is 130 Å². The molecule has 1 N–H and O–H groups in total. The molecule has 2 aromatic rings. The second-order valence-electron chi connectivity index (χ2n) is 5.60. The quantitative estimate of drug-likeness (QED) is 0.921. The number of aryl methyl sites for hydroxylation is 1. The van der Waals surface area contributed by atoms with Crippen molar-refractivity contribution < 1.29 is 9.53 Å². The summed E-state index contributed by atoms with van der Waals surface area (Å²) in [6.07, 6.45) is 4.93. The van der Waals surface area contributed by atoms with Crippen LogP contribution in [0.15, 0.2) is 30.5 Å². The maximum Gasteiger partial charge on any atom is 0.269 e. The van der Waals surface area contributed by atoms with E-state index in [-0.39, 0.29) is 5.91 Å². The molecule has 1 aromatic heterocycles. The molecule has 0 radical (unpaired) electrons. The van der Waals surface area contributed by atoms with Crippen molar-refractivity contribution in [2.24, 2.45) is 0 Å². The maximum atomic E-state index is 12.3. The molecule has 0 fully saturated rings. The zero-order valence-electron chi connectivity index (χ0n) is 12.8. The minimum atomic E-state index is -0.0541. The summed E-state index contributed by atoms with van der Waals surface area (Å²) >= 11 is 0. The largest absolute Gasteiger partial charge is 0.380 e. The predicted octanol–water partition coefficient (Wildman–Crippen LogP) is 2.30. The molecule has 0 saturated carbocycles. The second-order valence-corrected chi connectivity index (χ2v) is 5.60. The Kier molecular flexibility index (Phi) is 4.53. The van der Waals surface area contributed by atoms with E-state index >= 15 is 0 Å². The molecule has 0 unspecified atom stereocenters. The minimum Gasteiger partial charge on any atom is -0.380 e. The fraction of sp³-hybridized carbons (Fsp3) is 0.412. The number of nitrogens with one attached hydrogen (secondary N) is 1. The van der Waals surface area contributed by atoms with Crippen molar-refractivity contribution in [2.75, 3.05) is 7.11 Å². The summed E-state index contributed by atoms with van der Waals surface area (Å²) in [6, 6.07) is 8.07. The molecule has 0 bridgehead atoms. The smallest absolute Gasteiger partial charge is 0.269 e. The van der Waals surface area contributed by atoms with Crippen molar-refractivity contribution in [3.8, 4) is 0 Å². The van der Waals surface area contributed by atoms with Gasteiger partial charge >= 0.3 is 0 Å². The van der Waals surface area contributed by atoms with E-state index in [4.69, 9.17) is 4.74 Å². The van der Waals surface area contributed by atoms with Crippen LogP contribution < -0.4 is 5.32 Å². The van der Waals surface area contributed by atoms with Crippen LogP contribution in [0.25, 0.3) is 0 Å². The molecule has 0 saturated heterocycles. The van der Waals surface area contributed by atoms with Crippen molar-refractivity contribution in [1.82, 2.24) is 14.9 Å². The van der Waals surface area contributed by atoms with Gasteiger partial charge in [-0.3, -0.25) is 4.79 Å². The van der Waals surface area contributed by atoms with Crippen LogP contribution in [0.1, 0.15) is 40.3 Å². The number of hydrogen-bond donors (Lipinski definition) is 1. The number of nitrogens with zero attached hydrogens (tertiary/aromatic N) is 2. The predicted molar refractivity (Wildman–Crippen MR) is 83.5 cm³/mol. The molecule has 3 rings (SSSR count). The molecular formula is C17H21N3O2. The van der Waals surface area contributed by atoms with Gasteiger partial charge in [-0.15, -0.1) is 0 Å². The van der Waals surface area contributed by atoms with Gasteiger partial charge in [-0.1, -0.05) is 24.3 Å². The summed E-state index contributed by atoms with van der Waals surface area (Å²) in [4.78, 5) is 16.7. The van der Waals surface area contributed by atoms with Crippen LogP contribution in [0.3, 0.4) is 0 Å². The van der Waals surface area contributed by atoms with Gasteiger partial charge in [-0.2, -0.15) is 0 Å². The third kappa shape index (κ3) is 3.20. The van der Waals surface area contributed by atoms with Crippen LogP contribution in [0, 0.1) is 0 Å². The lowest BCUT2D eigenvalue weighted by Crippen LogP contribution is -2.26. The number of ether oxygens (including phenoxy) is 1. The summed E-state index contributed by atoms with van der Waals surface area (Å²) in [5, 5.41) is 2.97. The van der Waals surface area contributed by atoms with Crippen molar-refractivity contribution in [2.45, 2.75) is 39.0 Å². The molecule has 5 nitrogen and oxygen atoms in total. The van der Waals surface area contributed by atoms with Gasteiger partial charge in [0.05, 0.1) is 12.8 Å². The summed E-state index contributed by atoms with van der Waals surface area (Å²) in [5.41, 5.74) is 2.87. The van der Waals surface area contributed by atoms with E-state index in [9.17, 15) is 4.79 Å². The molecule has 0 aliphatic carbocycles. The molecule has 1 aliphatic heterocycles. The topological polar surface area (TPSA) is 56.1 Å². The maximum absolute atomic E-state index is 12.3. The molecular weight excluding hydrogens is 278 g/mol. The summed E-state index contributed by atoms with van der Waals surface area (Å²) in [6.45, 7) is 2.02. The number of amides is 1. The number of methoxy groups -OCH3 is 1. The van der Waals surface area contributed by atoms with E-state index in [2.05, 4.69) is 10.3 Å². The molecule has 5 heteroatoms. The van der Waals surface area contributed by atoms with Crippen molar-refractivity contribution >= 4 is 5.91 Å². The first-order valence-corrected chi connectivity index (χ1v) is 7.67. The second kappa shape index (κ2) is 6.75. The average molecular weight is 299 g/mol. The summed E-state index contributed by atoms with van der Waals surface area (Å²) in [5.74, 6) is 0.974. The lowest BCUT2D eigenvalue weighted by Gasteiger charge is -2.16. The summed E-state index contributed by atoms with van der Waals surface area (Å²) in [7, 11) is 1.68. The molecule has 1 aliphatic rings. The number of fused-ring (bicyclic) bond motifs is 1. The Morgan fingerprint density at radius 3 is 2.82 bits per heavy atom. The highest BCUT2D eigenvalue weighted by Crippen LogP contribution is 2.16. The highest BCUT2D eigenvalue weighted by Gasteiger charge is 2.18.